The summed E-state index contributed by atoms with van der Waals surface area (Å²) in [5.74, 6) is 6.07. The summed E-state index contributed by atoms with van der Waals surface area (Å²) in [4.78, 5) is 77.0. The number of nitrogens with zero attached hydrogens (tertiary/aromatic N) is 5. The van der Waals surface area contributed by atoms with Gasteiger partial charge in [0, 0.05) is 87.2 Å². The highest BCUT2D eigenvalue weighted by Crippen LogP contribution is 2.30. The number of piperidine rings is 1. The molecular weight excluding hydrogens is 834 g/mol. The van der Waals surface area contributed by atoms with Gasteiger partial charge in [0.2, 0.25) is 17.8 Å². The normalized spacial score (nSPS) is 19.6. The van der Waals surface area contributed by atoms with Gasteiger partial charge in [0.25, 0.3) is 11.8 Å². The third-order valence-electron chi connectivity index (χ3n) is 12.2. The van der Waals surface area contributed by atoms with Crippen LogP contribution in [0, 0.1) is 11.8 Å². The molecule has 64 heavy (non-hydrogen) atoms. The van der Waals surface area contributed by atoms with Crippen LogP contribution in [-0.2, 0) is 16.1 Å². The number of nitrogens with one attached hydrogen (secondary N) is 6. The van der Waals surface area contributed by atoms with E-state index in [0.717, 1.165) is 80.7 Å². The molecule has 17 heteroatoms. The second kappa shape index (κ2) is 20.2. The van der Waals surface area contributed by atoms with Crippen LogP contribution < -0.4 is 36.8 Å². The molecule has 3 aromatic carbocycles. The number of benzene rings is 3. The predicted molar refractivity (Wildman–Crippen MR) is 245 cm³/mol. The number of unbranched alkanes of at least 4 members (excludes halogenated alkanes) is 1. The van der Waals surface area contributed by atoms with Crippen LogP contribution in [0.4, 0.5) is 33.6 Å². The lowest BCUT2D eigenvalue weighted by molar-refractivity contribution is -0.136. The fourth-order valence-corrected chi connectivity index (χ4v) is 8.77. The Morgan fingerprint density at radius 2 is 1.67 bits per heavy atom. The van der Waals surface area contributed by atoms with Gasteiger partial charge in [0.1, 0.15) is 11.1 Å². The third kappa shape index (κ3) is 10.6. The van der Waals surface area contributed by atoms with Crippen LogP contribution in [0.5, 0.6) is 0 Å². The minimum absolute atomic E-state index is 0.00438. The van der Waals surface area contributed by atoms with E-state index in [4.69, 9.17) is 11.6 Å². The van der Waals surface area contributed by atoms with Crippen molar-refractivity contribution >= 4 is 70.1 Å². The van der Waals surface area contributed by atoms with Gasteiger partial charge in [-0.05, 0) is 105 Å². The lowest BCUT2D eigenvalue weighted by Gasteiger charge is -2.37. The molecule has 1 aromatic heterocycles. The van der Waals surface area contributed by atoms with Crippen LogP contribution in [0.25, 0.3) is 0 Å². The lowest BCUT2D eigenvalue weighted by atomic mass is 9.91. The van der Waals surface area contributed by atoms with E-state index >= 15 is 0 Å². The molecule has 2 saturated heterocycles. The van der Waals surface area contributed by atoms with Crippen LogP contribution in [0.3, 0.4) is 0 Å². The van der Waals surface area contributed by atoms with E-state index in [0.29, 0.717) is 65.7 Å². The Kier molecular flexibility index (Phi) is 13.9. The summed E-state index contributed by atoms with van der Waals surface area (Å²) < 4.78 is 0. The second-order valence-corrected chi connectivity index (χ2v) is 16.8. The Morgan fingerprint density at radius 1 is 0.906 bits per heavy atom. The second-order valence-electron chi connectivity index (χ2n) is 16.4. The standard InChI is InChI=1S/C47H52ClN11O5/c1-49-43(61)37-8-4-5-9-39(37)54-42-38(48)28-51-46(56-42)52-33-15-17-35(18-16-33)57-23-25-58(26-24-57)47(64)53-34-13-11-32(12-14-34)50-22-6-2-3-7-30-10-19-36-31(27-30)29-59(45(36)63)40-20-21-41(60)55-44(40)62/h4-5,8-10,15-19,27-28,32,34,40,50H,2,6,11-14,20-26,29H2,1H3,(H,49,61)(H,53,64)(H,55,60,62)(H2,51,52,54,56). The number of piperazine rings is 1. The van der Waals surface area contributed by atoms with E-state index in [1.165, 1.54) is 6.20 Å². The molecular formula is C47H52ClN11O5. The maximum atomic E-state index is 13.2. The highest BCUT2D eigenvalue weighted by molar-refractivity contribution is 6.33. The number of fused-ring (bicyclic) bond motifs is 1. The van der Waals surface area contributed by atoms with Crippen molar-refractivity contribution in [2.75, 3.05) is 55.3 Å². The first-order valence-electron chi connectivity index (χ1n) is 21.9. The quantitative estimate of drug-likeness (QED) is 0.0615. The number of imide groups is 1. The minimum atomic E-state index is -0.626. The molecule has 4 heterocycles. The Bertz CT molecular complexity index is 2460. The molecule has 4 aliphatic rings. The number of hydrogen-bond donors (Lipinski definition) is 6. The summed E-state index contributed by atoms with van der Waals surface area (Å²) in [6.45, 7) is 3.94. The SMILES string of the molecule is CNC(=O)c1ccccc1Nc1nc(Nc2ccc(N3CCN(C(=O)NC4CCC(NCCCC#Cc5ccc6c(c5)CN(C5CCC(=O)NC5=O)C6=O)CC4)CC3)cc2)ncc1Cl. The summed E-state index contributed by atoms with van der Waals surface area (Å²) in [6, 6.07) is 20.6. The fourth-order valence-electron chi connectivity index (χ4n) is 8.63. The van der Waals surface area contributed by atoms with Crippen molar-refractivity contribution in [1.29, 1.82) is 0 Å². The van der Waals surface area contributed by atoms with Gasteiger partial charge in [-0.15, -0.1) is 0 Å². The molecule has 3 fully saturated rings. The number of carbonyl (C=O) groups is 5. The van der Waals surface area contributed by atoms with Crippen molar-refractivity contribution in [2.24, 2.45) is 0 Å². The van der Waals surface area contributed by atoms with Crippen LogP contribution in [-0.4, -0.2) is 107 Å². The zero-order valence-electron chi connectivity index (χ0n) is 35.7. The first-order chi connectivity index (χ1) is 31.1. The minimum Gasteiger partial charge on any atom is -0.368 e. The van der Waals surface area contributed by atoms with Crippen molar-refractivity contribution < 1.29 is 24.0 Å². The molecule has 6 amide bonds. The monoisotopic (exact) mass is 885 g/mol. The van der Waals surface area contributed by atoms with Crippen LogP contribution in [0.1, 0.15) is 83.2 Å². The van der Waals surface area contributed by atoms with Crippen molar-refractivity contribution in [2.45, 2.75) is 76.0 Å². The van der Waals surface area contributed by atoms with E-state index < -0.39 is 11.9 Å². The van der Waals surface area contributed by atoms with Crippen molar-refractivity contribution in [1.82, 2.24) is 41.0 Å². The van der Waals surface area contributed by atoms with E-state index in [1.54, 1.807) is 36.2 Å². The van der Waals surface area contributed by atoms with Crippen LogP contribution in [0.2, 0.25) is 5.02 Å². The van der Waals surface area contributed by atoms with Crippen molar-refractivity contribution in [3.8, 4) is 11.8 Å². The molecule has 1 saturated carbocycles. The first-order valence-corrected chi connectivity index (χ1v) is 22.3. The van der Waals surface area contributed by atoms with Gasteiger partial charge >= 0.3 is 6.03 Å². The van der Waals surface area contributed by atoms with Gasteiger partial charge in [0.15, 0.2) is 5.82 Å². The van der Waals surface area contributed by atoms with Gasteiger partial charge in [-0.2, -0.15) is 4.98 Å². The lowest BCUT2D eigenvalue weighted by Crippen LogP contribution is -2.54. The predicted octanol–water partition coefficient (Wildman–Crippen LogP) is 5.30. The number of aromatic nitrogens is 2. The maximum Gasteiger partial charge on any atom is 0.317 e. The molecule has 1 unspecified atom stereocenters. The average Bonchev–Trinajstić information content (AvgIpc) is 3.63. The maximum absolute atomic E-state index is 13.2. The summed E-state index contributed by atoms with van der Waals surface area (Å²) in [7, 11) is 1.58. The molecule has 4 aromatic rings. The summed E-state index contributed by atoms with van der Waals surface area (Å²) >= 11 is 6.40. The van der Waals surface area contributed by atoms with E-state index in [1.807, 2.05) is 47.4 Å². The fraction of sp³-hybridized carbons (Fsp3) is 0.383. The van der Waals surface area contributed by atoms with Crippen molar-refractivity contribution in [3.05, 3.63) is 100 Å². The smallest absolute Gasteiger partial charge is 0.317 e. The van der Waals surface area contributed by atoms with E-state index in [-0.39, 0.29) is 36.2 Å². The number of anilines is 5. The van der Waals surface area contributed by atoms with Gasteiger partial charge < -0.3 is 41.3 Å². The zero-order valence-corrected chi connectivity index (χ0v) is 36.5. The van der Waals surface area contributed by atoms with Crippen molar-refractivity contribution in [3.63, 3.8) is 0 Å². The molecule has 0 radical (unpaired) electrons. The number of para-hydroxylation sites is 1. The van der Waals surface area contributed by atoms with E-state index in [2.05, 4.69) is 58.6 Å². The Labute approximate surface area is 377 Å². The van der Waals surface area contributed by atoms with E-state index in [9.17, 15) is 24.0 Å². The number of rotatable bonds is 12. The highest BCUT2D eigenvalue weighted by atomic mass is 35.5. The number of amides is 6. The molecule has 8 rings (SSSR count). The number of carbonyl (C=O) groups excluding carboxylic acids is 5. The molecule has 3 aliphatic heterocycles. The molecule has 6 N–H and O–H groups in total. The summed E-state index contributed by atoms with van der Waals surface area (Å²) in [5.41, 5.74) is 5.18. The third-order valence-corrected chi connectivity index (χ3v) is 12.5. The number of halogens is 1. The Balaban J connectivity index is 0.712. The number of hydrogen-bond acceptors (Lipinski definition) is 11. The molecule has 1 aliphatic carbocycles. The summed E-state index contributed by atoms with van der Waals surface area (Å²) in [6.07, 6.45) is 7.63. The van der Waals surface area contributed by atoms with Crippen LogP contribution in [0.15, 0.2) is 72.9 Å². The van der Waals surface area contributed by atoms with Gasteiger partial charge in [-0.25, -0.2) is 9.78 Å². The number of urea groups is 1. The topological polar surface area (TPSA) is 193 Å². The Morgan fingerprint density at radius 3 is 2.44 bits per heavy atom. The summed E-state index contributed by atoms with van der Waals surface area (Å²) in [5, 5.41) is 18.6. The average molecular weight is 886 g/mol. The highest BCUT2D eigenvalue weighted by Gasteiger charge is 2.39. The van der Waals surface area contributed by atoms with Gasteiger partial charge in [-0.1, -0.05) is 35.6 Å². The first kappa shape index (κ1) is 43.9. The molecule has 16 nitrogen and oxygen atoms in total. The Hall–Kier alpha value is -6.70. The molecule has 0 spiro atoms. The molecule has 0 bridgehead atoms. The largest absolute Gasteiger partial charge is 0.368 e. The van der Waals surface area contributed by atoms with Gasteiger partial charge in [0.05, 0.1) is 17.4 Å². The molecule has 332 valence electrons. The molecule has 1 atom stereocenters. The zero-order chi connectivity index (χ0) is 44.6. The van der Waals surface area contributed by atoms with Crippen LogP contribution >= 0.6 is 11.6 Å². The van der Waals surface area contributed by atoms with Gasteiger partial charge in [-0.3, -0.25) is 24.5 Å².